The lowest BCUT2D eigenvalue weighted by molar-refractivity contribution is -0.212. The van der Waals surface area contributed by atoms with Crippen molar-refractivity contribution >= 4 is 14.2 Å². The Kier molecular flexibility index (Phi) is 5.46. The van der Waals surface area contributed by atoms with Crippen LogP contribution in [0.1, 0.15) is 39.5 Å². The van der Waals surface area contributed by atoms with Gasteiger partial charge in [-0.05, 0) is 25.7 Å². The summed E-state index contributed by atoms with van der Waals surface area (Å²) in [5, 5.41) is 1.26. The molecule has 0 radical (unpaired) electrons. The molecule has 7 heteroatoms. The molecule has 0 aromatic heterocycles. The number of nitrogens with zero attached hydrogens (tertiary/aromatic N) is 1. The summed E-state index contributed by atoms with van der Waals surface area (Å²) in [7, 11) is -2.81. The Bertz CT molecular complexity index is 286. The third kappa shape index (κ3) is 3.45. The minimum atomic E-state index is -2.81. The highest BCUT2D eigenvalue weighted by atomic mass is 31.1. The fourth-order valence-electron chi connectivity index (χ4n) is 1.85. The Hall–Kier alpha value is -0.550. The topological polar surface area (TPSA) is 76.1 Å². The van der Waals surface area contributed by atoms with Crippen molar-refractivity contribution in [1.82, 2.24) is 5.06 Å². The molecule has 1 aliphatic rings. The van der Waals surface area contributed by atoms with Crippen molar-refractivity contribution in [3.63, 3.8) is 0 Å². The van der Waals surface area contributed by atoms with Crippen molar-refractivity contribution in [2.75, 3.05) is 13.2 Å². The molecule has 1 fully saturated rings. The van der Waals surface area contributed by atoms with E-state index in [1.54, 1.807) is 13.8 Å². The van der Waals surface area contributed by atoms with Crippen LogP contribution in [0.15, 0.2) is 0 Å². The molecular weight excluding hydrogens is 245 g/mol. The van der Waals surface area contributed by atoms with E-state index in [9.17, 15) is 9.36 Å². The van der Waals surface area contributed by atoms with Gasteiger partial charge in [0, 0.05) is 11.1 Å². The average Bonchev–Trinajstić information content (AvgIpc) is 2.36. The van der Waals surface area contributed by atoms with Gasteiger partial charge in [-0.2, -0.15) is 0 Å². The summed E-state index contributed by atoms with van der Waals surface area (Å²) < 4.78 is 15.8. The molecule has 0 aromatic carbocycles. The van der Waals surface area contributed by atoms with Gasteiger partial charge in [-0.25, -0.2) is 5.06 Å². The molecule has 98 valence electrons. The Morgan fingerprint density at radius 2 is 2.12 bits per heavy atom. The van der Waals surface area contributed by atoms with Crippen LogP contribution in [0.5, 0.6) is 0 Å². The van der Waals surface area contributed by atoms with Crippen LogP contribution >= 0.6 is 8.25 Å². The van der Waals surface area contributed by atoms with Crippen molar-refractivity contribution < 1.29 is 23.6 Å². The maximum absolute atomic E-state index is 12.3. The molecule has 0 saturated carbocycles. The van der Waals surface area contributed by atoms with Crippen molar-refractivity contribution in [1.29, 1.82) is 0 Å². The number of carbonyl (C=O) groups excluding carboxylic acids is 1. The first-order chi connectivity index (χ1) is 8.05. The lowest BCUT2D eigenvalue weighted by atomic mass is 9.96. The van der Waals surface area contributed by atoms with Gasteiger partial charge in [-0.3, -0.25) is 9.63 Å². The highest BCUT2D eigenvalue weighted by Crippen LogP contribution is 2.33. The van der Waals surface area contributed by atoms with Gasteiger partial charge in [0.1, 0.15) is 0 Å². The summed E-state index contributed by atoms with van der Waals surface area (Å²) in [5.41, 5.74) is -1.25. The second-order valence-corrected chi connectivity index (χ2v) is 4.64. The minimum Gasteiger partial charge on any atom is -0.271 e. The summed E-state index contributed by atoms with van der Waals surface area (Å²) >= 11 is 0. The van der Waals surface area contributed by atoms with Gasteiger partial charge in [0.05, 0.1) is 6.61 Å². The van der Waals surface area contributed by atoms with Crippen LogP contribution in [-0.4, -0.2) is 34.6 Å². The monoisotopic (exact) mass is 264 g/mol. The fourth-order valence-corrected chi connectivity index (χ4v) is 2.49. The van der Waals surface area contributed by atoms with E-state index in [-0.39, 0.29) is 5.91 Å². The number of rotatable bonds is 5. The maximum atomic E-state index is 12.3. The van der Waals surface area contributed by atoms with Gasteiger partial charge in [0.15, 0.2) is 0 Å². The lowest BCUT2D eigenvalue weighted by Gasteiger charge is -2.32. The molecule has 1 N–H and O–H groups in total. The highest BCUT2D eigenvalue weighted by molar-refractivity contribution is 7.32. The molecule has 6 nitrogen and oxygen atoms in total. The first-order valence-corrected chi connectivity index (χ1v) is 6.99. The largest absolute Gasteiger partial charge is 0.695 e. The first-order valence-electron chi connectivity index (χ1n) is 5.86. The second kappa shape index (κ2) is 6.40. The molecule has 17 heavy (non-hydrogen) atoms. The van der Waals surface area contributed by atoms with Crippen LogP contribution in [0.3, 0.4) is 0 Å². The van der Waals surface area contributed by atoms with Crippen molar-refractivity contribution in [2.24, 2.45) is 0 Å². The van der Waals surface area contributed by atoms with Crippen molar-refractivity contribution in [3.8, 4) is 0 Å². The van der Waals surface area contributed by atoms with Crippen LogP contribution in [0.4, 0.5) is 0 Å². The number of hydroxylamine groups is 2. The number of hydrogen-bond donors (Lipinski definition) is 1. The average molecular weight is 264 g/mol. The number of carbonyl (C=O) groups is 1. The molecule has 1 saturated heterocycles. The summed E-state index contributed by atoms with van der Waals surface area (Å²) in [4.78, 5) is 26.4. The van der Waals surface area contributed by atoms with E-state index in [0.717, 1.165) is 12.8 Å². The highest BCUT2D eigenvalue weighted by Gasteiger charge is 2.47. The van der Waals surface area contributed by atoms with Crippen molar-refractivity contribution in [2.45, 2.75) is 45.1 Å². The molecule has 0 aliphatic carbocycles. The van der Waals surface area contributed by atoms with E-state index in [1.165, 1.54) is 5.06 Å². The maximum Gasteiger partial charge on any atom is 0.695 e. The summed E-state index contributed by atoms with van der Waals surface area (Å²) in [6.07, 6.45) is 2.47. The smallest absolute Gasteiger partial charge is 0.271 e. The zero-order valence-corrected chi connectivity index (χ0v) is 11.1. The molecule has 1 unspecified atom stereocenters. The second-order valence-electron chi connectivity index (χ2n) is 3.98. The van der Waals surface area contributed by atoms with E-state index >= 15 is 0 Å². The Labute approximate surface area is 102 Å². The van der Waals surface area contributed by atoms with Gasteiger partial charge in [-0.1, -0.05) is 13.8 Å². The van der Waals surface area contributed by atoms with Crippen LogP contribution in [-0.2, 0) is 18.7 Å². The Balaban J connectivity index is 2.80. The number of amides is 1. The zero-order chi connectivity index (χ0) is 12.9. The minimum absolute atomic E-state index is 0.337. The van der Waals surface area contributed by atoms with Crippen molar-refractivity contribution in [3.05, 3.63) is 0 Å². The van der Waals surface area contributed by atoms with Crippen LogP contribution in [0, 0.1) is 0 Å². The van der Waals surface area contributed by atoms with E-state index < -0.39 is 13.9 Å². The molecule has 0 aromatic rings. The summed E-state index contributed by atoms with van der Waals surface area (Å²) in [6, 6.07) is 0. The van der Waals surface area contributed by atoms with Crippen LogP contribution < -0.4 is 0 Å². The van der Waals surface area contributed by atoms with Gasteiger partial charge < -0.3 is 0 Å². The molecule has 1 atom stereocenters. The van der Waals surface area contributed by atoms with Gasteiger partial charge in [0.2, 0.25) is 5.60 Å². The molecule has 1 aliphatic heterocycles. The fraction of sp³-hybridized carbons (Fsp3) is 0.900. The van der Waals surface area contributed by atoms with Gasteiger partial charge in [-0.15, -0.1) is 9.42 Å². The Morgan fingerprint density at radius 1 is 1.47 bits per heavy atom. The summed E-state index contributed by atoms with van der Waals surface area (Å²) in [6.45, 7) is 4.51. The predicted molar refractivity (Wildman–Crippen MR) is 61.1 cm³/mol. The van der Waals surface area contributed by atoms with Crippen LogP contribution in [0.2, 0.25) is 0 Å². The molecule has 1 rings (SSSR count). The first kappa shape index (κ1) is 14.5. The third-order valence-electron chi connectivity index (χ3n) is 3.01. The number of hydrogen-bond acceptors (Lipinski definition) is 4. The Morgan fingerprint density at radius 3 is 2.53 bits per heavy atom. The van der Waals surface area contributed by atoms with Gasteiger partial charge in [0.25, 0.3) is 5.91 Å². The quantitative estimate of drug-likeness (QED) is 0.766. The molecule has 0 bridgehead atoms. The standard InChI is InChI=1S/C10H18NO5P/c1-3-10(4-2,16-17(13)14)9(12)11-7-5-6-8-15-11/h3-8H2,1-2H3/p+1. The molecule has 0 spiro atoms. The SMILES string of the molecule is CCC(CC)(O[P+](=O)O)C(=O)N1CCCCO1. The lowest BCUT2D eigenvalue weighted by Crippen LogP contribution is -2.50. The molecular formula is C10H19NO5P+. The summed E-state index contributed by atoms with van der Waals surface area (Å²) in [5.74, 6) is -0.361. The van der Waals surface area contributed by atoms with E-state index in [0.29, 0.717) is 26.0 Å². The predicted octanol–water partition coefficient (Wildman–Crippen LogP) is 1.77. The van der Waals surface area contributed by atoms with E-state index in [1.807, 2.05) is 0 Å². The van der Waals surface area contributed by atoms with E-state index in [4.69, 9.17) is 14.3 Å². The third-order valence-corrected chi connectivity index (χ3v) is 3.52. The van der Waals surface area contributed by atoms with E-state index in [2.05, 4.69) is 0 Å². The molecule has 1 heterocycles. The normalized spacial score (nSPS) is 18.1. The molecule has 1 amide bonds. The van der Waals surface area contributed by atoms with Crippen LogP contribution in [0.25, 0.3) is 0 Å². The van der Waals surface area contributed by atoms with Gasteiger partial charge >= 0.3 is 8.25 Å². The zero-order valence-electron chi connectivity index (χ0n) is 10.2.